The molecule has 1 saturated carbocycles. The second-order valence-electron chi connectivity index (χ2n) is 16.4. The zero-order valence-electron chi connectivity index (χ0n) is 31.9. The van der Waals surface area contributed by atoms with E-state index in [-0.39, 0.29) is 29.6 Å². The van der Waals surface area contributed by atoms with Crippen molar-refractivity contribution in [2.45, 2.75) is 110 Å². The van der Waals surface area contributed by atoms with Gasteiger partial charge in [-0.1, -0.05) is 60.7 Å². The zero-order chi connectivity index (χ0) is 39.1. The molecule has 3 fully saturated rings. The van der Waals surface area contributed by atoms with E-state index in [0.29, 0.717) is 35.8 Å². The van der Waals surface area contributed by atoms with Crippen LogP contribution in [0.1, 0.15) is 94.9 Å². The highest BCUT2D eigenvalue weighted by Gasteiger charge is 2.57. The first-order chi connectivity index (χ1) is 25.4. The van der Waals surface area contributed by atoms with Crippen molar-refractivity contribution < 1.29 is 47.7 Å². The van der Waals surface area contributed by atoms with Gasteiger partial charge in [-0.3, -0.25) is 19.4 Å². The molecular formula is C42H48N2O10. The molecule has 0 spiro atoms. The van der Waals surface area contributed by atoms with E-state index in [2.05, 4.69) is 0 Å². The molecule has 5 atom stereocenters. The molecule has 0 N–H and O–H groups in total. The van der Waals surface area contributed by atoms with Crippen molar-refractivity contribution in [1.29, 1.82) is 0 Å². The number of benzene rings is 3. The molecule has 3 aromatic rings. The molecule has 0 radical (unpaired) electrons. The predicted octanol–water partition coefficient (Wildman–Crippen LogP) is 7.14. The van der Waals surface area contributed by atoms with Crippen molar-refractivity contribution in [3.8, 4) is 11.1 Å². The number of carbonyl (C=O) groups excluding carboxylic acids is 6. The average Bonchev–Trinajstić information content (AvgIpc) is 3.58. The molecule has 286 valence electrons. The van der Waals surface area contributed by atoms with Crippen LogP contribution in [-0.2, 0) is 28.5 Å². The molecule has 3 aromatic carbocycles. The SMILES string of the molecule is CC1CC[C@@H](C(=O)OCC(=O)c2cccc3c(-c4ccc(C(=O)COC(=O)[C@@H]5CC6CC6N5C(=O)OC(C)(C)C)cc4)cccc23)N1C(=O)OC(C)(C)C. The van der Waals surface area contributed by atoms with E-state index in [1.807, 2.05) is 31.2 Å². The molecule has 3 aliphatic rings. The Labute approximate surface area is 315 Å². The summed E-state index contributed by atoms with van der Waals surface area (Å²) in [5.41, 5.74) is 0.916. The molecule has 2 amide bonds. The number of esters is 2. The number of hydrogen-bond acceptors (Lipinski definition) is 10. The van der Waals surface area contributed by atoms with Gasteiger partial charge in [0.2, 0.25) is 5.78 Å². The van der Waals surface area contributed by atoms with Gasteiger partial charge in [0.05, 0.1) is 0 Å². The molecule has 0 bridgehead atoms. The summed E-state index contributed by atoms with van der Waals surface area (Å²) in [6, 6.07) is 15.9. The van der Waals surface area contributed by atoms with E-state index < -0.39 is 60.6 Å². The van der Waals surface area contributed by atoms with Gasteiger partial charge in [0.15, 0.2) is 19.0 Å². The molecule has 1 aliphatic carbocycles. The van der Waals surface area contributed by atoms with Gasteiger partial charge in [0.1, 0.15) is 23.3 Å². The number of carbonyl (C=O) groups is 6. The largest absolute Gasteiger partial charge is 0.456 e. The molecule has 54 heavy (non-hydrogen) atoms. The quantitative estimate of drug-likeness (QED) is 0.126. The van der Waals surface area contributed by atoms with E-state index in [0.717, 1.165) is 22.9 Å². The number of fused-ring (bicyclic) bond motifs is 2. The third-order valence-corrected chi connectivity index (χ3v) is 9.96. The Morgan fingerprint density at radius 1 is 0.648 bits per heavy atom. The molecule has 2 saturated heterocycles. The number of amides is 2. The van der Waals surface area contributed by atoms with E-state index in [4.69, 9.17) is 18.9 Å². The van der Waals surface area contributed by atoms with Gasteiger partial charge in [0, 0.05) is 23.2 Å². The van der Waals surface area contributed by atoms with Crippen LogP contribution in [0.2, 0.25) is 0 Å². The number of hydrogen-bond donors (Lipinski definition) is 0. The normalized spacial score (nSPS) is 22.0. The number of nitrogens with zero attached hydrogens (tertiary/aromatic N) is 2. The molecular weight excluding hydrogens is 692 g/mol. The van der Waals surface area contributed by atoms with Crippen LogP contribution in [-0.4, -0.2) is 94.1 Å². The smallest absolute Gasteiger partial charge is 0.411 e. The van der Waals surface area contributed by atoms with Gasteiger partial charge < -0.3 is 18.9 Å². The van der Waals surface area contributed by atoms with Gasteiger partial charge in [-0.2, -0.15) is 0 Å². The fourth-order valence-electron chi connectivity index (χ4n) is 7.35. The minimum Gasteiger partial charge on any atom is -0.456 e. The third-order valence-electron chi connectivity index (χ3n) is 9.96. The summed E-state index contributed by atoms with van der Waals surface area (Å²) < 4.78 is 21.9. The Hall–Kier alpha value is -5.26. The van der Waals surface area contributed by atoms with E-state index in [1.165, 1.54) is 9.80 Å². The minimum absolute atomic E-state index is 0.0363. The van der Waals surface area contributed by atoms with Crippen LogP contribution in [0.4, 0.5) is 9.59 Å². The van der Waals surface area contributed by atoms with Crippen LogP contribution in [0.15, 0.2) is 60.7 Å². The number of ketones is 2. The van der Waals surface area contributed by atoms with Gasteiger partial charge in [-0.25, -0.2) is 19.2 Å². The second-order valence-corrected chi connectivity index (χ2v) is 16.4. The maximum absolute atomic E-state index is 13.4. The zero-order valence-corrected chi connectivity index (χ0v) is 31.9. The molecule has 3 unspecified atom stereocenters. The van der Waals surface area contributed by atoms with Crippen molar-refractivity contribution >= 4 is 46.5 Å². The maximum Gasteiger partial charge on any atom is 0.411 e. The van der Waals surface area contributed by atoms with E-state index in [1.54, 1.807) is 77.9 Å². The number of Topliss-reactive ketones (excluding diaryl/α,β-unsaturated/α-hetero) is 2. The van der Waals surface area contributed by atoms with E-state index in [9.17, 15) is 28.8 Å². The summed E-state index contributed by atoms with van der Waals surface area (Å²) in [6.07, 6.45) is 1.20. The standard InChI is InChI=1S/C42H48N2O10/c1-24-14-19-32(43(24)39(49)53-41(2,3)4)37(47)52-23-36(46)31-13-9-11-29-28(10-8-12-30(29)31)25-15-17-26(18-16-25)35(45)22-51-38(48)34-21-27-20-33(27)44(34)40(50)54-42(5,6)7/h8-13,15-18,24,27,32-34H,14,19-23H2,1-7H3/t24?,27?,32-,33?,34-/m0/s1. The van der Waals surface area contributed by atoms with Crippen molar-refractivity contribution in [2.75, 3.05) is 13.2 Å². The summed E-state index contributed by atoms with van der Waals surface area (Å²) >= 11 is 0. The molecule has 0 aromatic heterocycles. The van der Waals surface area contributed by atoms with Crippen molar-refractivity contribution in [3.63, 3.8) is 0 Å². The molecule has 12 heteroatoms. The summed E-state index contributed by atoms with van der Waals surface area (Å²) in [5, 5.41) is 1.45. The van der Waals surface area contributed by atoms with Crippen LogP contribution >= 0.6 is 0 Å². The van der Waals surface area contributed by atoms with E-state index >= 15 is 0 Å². The first kappa shape index (κ1) is 38.5. The van der Waals surface area contributed by atoms with Crippen LogP contribution in [0, 0.1) is 5.92 Å². The molecule has 2 heterocycles. The Bertz CT molecular complexity index is 1980. The Morgan fingerprint density at radius 3 is 1.87 bits per heavy atom. The first-order valence-corrected chi connectivity index (χ1v) is 18.5. The molecule has 2 aliphatic heterocycles. The highest BCUT2D eigenvalue weighted by Crippen LogP contribution is 2.48. The van der Waals surface area contributed by atoms with Crippen molar-refractivity contribution in [1.82, 2.24) is 9.80 Å². The number of piperidine rings is 1. The van der Waals surface area contributed by atoms with Gasteiger partial charge >= 0.3 is 24.1 Å². The van der Waals surface area contributed by atoms with Gasteiger partial charge in [-0.15, -0.1) is 0 Å². The lowest BCUT2D eigenvalue weighted by Gasteiger charge is -2.30. The number of likely N-dealkylation sites (tertiary alicyclic amines) is 2. The Kier molecular flexibility index (Phi) is 10.6. The van der Waals surface area contributed by atoms with Crippen LogP contribution in [0.5, 0.6) is 0 Å². The predicted molar refractivity (Wildman–Crippen MR) is 199 cm³/mol. The first-order valence-electron chi connectivity index (χ1n) is 18.5. The molecule has 12 nitrogen and oxygen atoms in total. The fraction of sp³-hybridized carbons (Fsp3) is 0.476. The highest BCUT2D eigenvalue weighted by molar-refractivity contribution is 6.12. The highest BCUT2D eigenvalue weighted by atomic mass is 16.6. The summed E-state index contributed by atoms with van der Waals surface area (Å²) in [7, 11) is 0. The van der Waals surface area contributed by atoms with Gasteiger partial charge in [0.25, 0.3) is 0 Å². The topological polar surface area (TPSA) is 146 Å². The summed E-state index contributed by atoms with van der Waals surface area (Å²) in [5.74, 6) is -1.81. The Balaban J connectivity index is 1.08. The molecule has 6 rings (SSSR count). The lowest BCUT2D eigenvalue weighted by atomic mass is 9.94. The van der Waals surface area contributed by atoms with Crippen LogP contribution in [0.25, 0.3) is 21.9 Å². The third kappa shape index (κ3) is 8.42. The lowest BCUT2D eigenvalue weighted by Crippen LogP contribution is -2.47. The van der Waals surface area contributed by atoms with Crippen molar-refractivity contribution in [3.05, 3.63) is 71.8 Å². The summed E-state index contributed by atoms with van der Waals surface area (Å²) in [4.78, 5) is 81.1. The minimum atomic E-state index is -0.837. The summed E-state index contributed by atoms with van der Waals surface area (Å²) in [6.45, 7) is 11.5. The monoisotopic (exact) mass is 740 g/mol. The maximum atomic E-state index is 13.4. The van der Waals surface area contributed by atoms with Crippen LogP contribution < -0.4 is 0 Å². The fourth-order valence-corrected chi connectivity index (χ4v) is 7.35. The number of ether oxygens (including phenoxy) is 4. The average molecular weight is 741 g/mol. The lowest BCUT2D eigenvalue weighted by molar-refractivity contribution is -0.148. The van der Waals surface area contributed by atoms with Gasteiger partial charge in [-0.05, 0) is 102 Å². The number of rotatable bonds is 9. The Morgan fingerprint density at radius 2 is 1.22 bits per heavy atom. The van der Waals surface area contributed by atoms with Crippen LogP contribution in [0.3, 0.4) is 0 Å². The second kappa shape index (κ2) is 14.9. The van der Waals surface area contributed by atoms with Crippen molar-refractivity contribution in [2.24, 2.45) is 5.92 Å².